The first-order valence-electron chi connectivity index (χ1n) is 9.02. The molecule has 2 unspecified atom stereocenters. The fraction of sp³-hybridized carbons (Fsp3) is 0.556. The van der Waals surface area contributed by atoms with Crippen LogP contribution in [0.4, 0.5) is 14.5 Å². The monoisotopic (exact) mass is 380 g/mol. The fourth-order valence-corrected chi connectivity index (χ4v) is 3.67. The molecule has 146 valence electrons. The maximum absolute atomic E-state index is 12.5. The van der Waals surface area contributed by atoms with Crippen molar-refractivity contribution in [1.82, 2.24) is 14.9 Å². The molecular formula is C18H22F2N4O3. The van der Waals surface area contributed by atoms with Crippen LogP contribution in [0.5, 0.6) is 5.88 Å². The molecule has 2 atom stereocenters. The standard InChI is InChI=1S/C18H22F2N4O3/c19-17(20)10-27-18-13-7-12(1-2-14(13)21-11-22-18)23-3-5-24(6-4-23)15-8-26-9-16(15)25/h1-2,7,11,15-17,25H,3-6,8-10H2. The predicted molar refractivity (Wildman–Crippen MR) is 95.4 cm³/mol. The number of hydrogen-bond acceptors (Lipinski definition) is 7. The Labute approximate surface area is 155 Å². The van der Waals surface area contributed by atoms with Crippen LogP contribution in [0.25, 0.3) is 10.9 Å². The van der Waals surface area contributed by atoms with E-state index in [0.29, 0.717) is 24.1 Å². The number of benzene rings is 1. The number of fused-ring (bicyclic) bond motifs is 1. The van der Waals surface area contributed by atoms with E-state index in [1.54, 1.807) is 0 Å². The quantitative estimate of drug-likeness (QED) is 0.835. The second kappa shape index (κ2) is 7.87. The van der Waals surface area contributed by atoms with E-state index < -0.39 is 19.1 Å². The maximum Gasteiger partial charge on any atom is 0.272 e. The Morgan fingerprint density at radius 1 is 1.19 bits per heavy atom. The molecule has 2 fully saturated rings. The van der Waals surface area contributed by atoms with Gasteiger partial charge in [0.15, 0.2) is 6.61 Å². The normalized spacial score (nSPS) is 24.1. The SMILES string of the molecule is OC1COCC1N1CCN(c2ccc3ncnc(OCC(F)F)c3c2)CC1. The molecule has 1 aromatic heterocycles. The van der Waals surface area contributed by atoms with Crippen LogP contribution < -0.4 is 9.64 Å². The van der Waals surface area contributed by atoms with E-state index in [4.69, 9.17) is 9.47 Å². The lowest BCUT2D eigenvalue weighted by Crippen LogP contribution is -2.53. The van der Waals surface area contributed by atoms with Gasteiger partial charge in [-0.25, -0.2) is 18.7 Å². The highest BCUT2D eigenvalue weighted by Gasteiger charge is 2.33. The molecule has 0 aliphatic carbocycles. The maximum atomic E-state index is 12.5. The van der Waals surface area contributed by atoms with Gasteiger partial charge in [-0.15, -0.1) is 0 Å². The molecule has 7 nitrogen and oxygen atoms in total. The minimum Gasteiger partial charge on any atom is -0.471 e. The number of rotatable bonds is 5. The number of alkyl halides is 2. The van der Waals surface area contributed by atoms with Crippen LogP contribution in [0.2, 0.25) is 0 Å². The Balaban J connectivity index is 1.48. The van der Waals surface area contributed by atoms with Crippen LogP contribution in [-0.2, 0) is 4.74 Å². The largest absolute Gasteiger partial charge is 0.471 e. The van der Waals surface area contributed by atoms with Gasteiger partial charge in [0.25, 0.3) is 6.43 Å². The number of aliphatic hydroxyl groups is 1. The zero-order chi connectivity index (χ0) is 18.8. The molecule has 3 heterocycles. The molecule has 9 heteroatoms. The molecule has 0 amide bonds. The van der Waals surface area contributed by atoms with Crippen molar-refractivity contribution >= 4 is 16.6 Å². The summed E-state index contributed by atoms with van der Waals surface area (Å²) < 4.78 is 35.4. The van der Waals surface area contributed by atoms with E-state index in [1.165, 1.54) is 6.33 Å². The highest BCUT2D eigenvalue weighted by molar-refractivity contribution is 5.86. The number of ether oxygens (including phenoxy) is 2. The van der Waals surface area contributed by atoms with Gasteiger partial charge in [0.2, 0.25) is 5.88 Å². The topological polar surface area (TPSA) is 71.0 Å². The number of aromatic nitrogens is 2. The van der Waals surface area contributed by atoms with Crippen molar-refractivity contribution < 1.29 is 23.4 Å². The predicted octanol–water partition coefficient (Wildman–Crippen LogP) is 1.16. The summed E-state index contributed by atoms with van der Waals surface area (Å²) in [5.41, 5.74) is 1.63. The molecular weight excluding hydrogens is 358 g/mol. The molecule has 0 radical (unpaired) electrons. The van der Waals surface area contributed by atoms with Crippen molar-refractivity contribution in [3.05, 3.63) is 24.5 Å². The Kier molecular flexibility index (Phi) is 5.33. The molecule has 1 N–H and O–H groups in total. The number of anilines is 1. The minimum absolute atomic E-state index is 0.0616. The third-order valence-electron chi connectivity index (χ3n) is 5.10. The molecule has 27 heavy (non-hydrogen) atoms. The first-order chi connectivity index (χ1) is 13.1. The van der Waals surface area contributed by atoms with Gasteiger partial charge >= 0.3 is 0 Å². The lowest BCUT2D eigenvalue weighted by atomic mass is 10.1. The zero-order valence-electron chi connectivity index (χ0n) is 14.8. The lowest BCUT2D eigenvalue weighted by molar-refractivity contribution is 0.0785. The summed E-state index contributed by atoms with van der Waals surface area (Å²) in [5, 5.41) is 10.6. The van der Waals surface area contributed by atoms with E-state index in [1.807, 2.05) is 18.2 Å². The van der Waals surface area contributed by atoms with Crippen molar-refractivity contribution in [2.24, 2.45) is 0 Å². The van der Waals surface area contributed by atoms with E-state index in [0.717, 1.165) is 31.9 Å². The Hall–Kier alpha value is -2.10. The molecule has 0 spiro atoms. The van der Waals surface area contributed by atoms with Gasteiger partial charge in [-0.05, 0) is 18.2 Å². The Morgan fingerprint density at radius 3 is 2.70 bits per heavy atom. The van der Waals surface area contributed by atoms with Gasteiger partial charge in [0.1, 0.15) is 6.33 Å². The summed E-state index contributed by atoms with van der Waals surface area (Å²) in [6.07, 6.45) is -1.67. The van der Waals surface area contributed by atoms with Gasteiger partial charge in [-0.2, -0.15) is 0 Å². The highest BCUT2D eigenvalue weighted by Crippen LogP contribution is 2.28. The van der Waals surface area contributed by atoms with Crippen LogP contribution in [0, 0.1) is 0 Å². The molecule has 0 saturated carbocycles. The van der Waals surface area contributed by atoms with Crippen molar-refractivity contribution in [2.75, 3.05) is 50.9 Å². The van der Waals surface area contributed by atoms with Crippen LogP contribution >= 0.6 is 0 Å². The van der Waals surface area contributed by atoms with E-state index in [9.17, 15) is 13.9 Å². The summed E-state index contributed by atoms with van der Waals surface area (Å²) in [7, 11) is 0. The summed E-state index contributed by atoms with van der Waals surface area (Å²) in [6, 6.07) is 5.77. The summed E-state index contributed by atoms with van der Waals surface area (Å²) in [6.45, 7) is 3.52. The van der Waals surface area contributed by atoms with Gasteiger partial charge in [-0.3, -0.25) is 4.90 Å². The van der Waals surface area contributed by atoms with Gasteiger partial charge < -0.3 is 19.5 Å². The molecule has 0 bridgehead atoms. The Morgan fingerprint density at radius 2 is 2.00 bits per heavy atom. The fourth-order valence-electron chi connectivity index (χ4n) is 3.67. The first kappa shape index (κ1) is 18.3. The third kappa shape index (κ3) is 3.95. The average molecular weight is 380 g/mol. The Bertz CT molecular complexity index is 786. The molecule has 2 aliphatic rings. The first-order valence-corrected chi connectivity index (χ1v) is 9.02. The van der Waals surface area contributed by atoms with Gasteiger partial charge in [0, 0.05) is 31.9 Å². The van der Waals surface area contributed by atoms with E-state index in [-0.39, 0.29) is 11.9 Å². The summed E-state index contributed by atoms with van der Waals surface area (Å²) in [5.74, 6) is 0.173. The highest BCUT2D eigenvalue weighted by atomic mass is 19.3. The summed E-state index contributed by atoms with van der Waals surface area (Å²) >= 11 is 0. The third-order valence-corrected chi connectivity index (χ3v) is 5.10. The summed E-state index contributed by atoms with van der Waals surface area (Å²) in [4.78, 5) is 12.7. The second-order valence-electron chi connectivity index (χ2n) is 6.78. The van der Waals surface area contributed by atoms with Crippen molar-refractivity contribution in [3.8, 4) is 5.88 Å². The van der Waals surface area contributed by atoms with Crippen molar-refractivity contribution in [3.63, 3.8) is 0 Å². The number of hydrogen-bond donors (Lipinski definition) is 1. The molecule has 2 aliphatic heterocycles. The number of nitrogens with zero attached hydrogens (tertiary/aromatic N) is 4. The molecule has 4 rings (SSSR count). The van der Waals surface area contributed by atoms with Crippen LogP contribution in [-0.4, -0.2) is 84.5 Å². The molecule has 1 aromatic carbocycles. The molecule has 2 saturated heterocycles. The number of halogens is 2. The smallest absolute Gasteiger partial charge is 0.272 e. The lowest BCUT2D eigenvalue weighted by Gasteiger charge is -2.39. The van der Waals surface area contributed by atoms with E-state index in [2.05, 4.69) is 19.8 Å². The average Bonchev–Trinajstić information content (AvgIpc) is 3.12. The van der Waals surface area contributed by atoms with Crippen LogP contribution in [0.1, 0.15) is 0 Å². The minimum atomic E-state index is -2.55. The number of piperazine rings is 1. The van der Waals surface area contributed by atoms with Crippen molar-refractivity contribution in [1.29, 1.82) is 0 Å². The van der Waals surface area contributed by atoms with Gasteiger partial charge in [-0.1, -0.05) is 0 Å². The van der Waals surface area contributed by atoms with E-state index >= 15 is 0 Å². The van der Waals surface area contributed by atoms with Crippen LogP contribution in [0.15, 0.2) is 24.5 Å². The van der Waals surface area contributed by atoms with Gasteiger partial charge in [0.05, 0.1) is 36.3 Å². The molecule has 2 aromatic rings. The van der Waals surface area contributed by atoms with Crippen molar-refractivity contribution in [2.45, 2.75) is 18.6 Å². The van der Waals surface area contributed by atoms with Crippen LogP contribution in [0.3, 0.4) is 0 Å². The number of aliphatic hydroxyl groups excluding tert-OH is 1. The zero-order valence-corrected chi connectivity index (χ0v) is 14.8. The second-order valence-corrected chi connectivity index (χ2v) is 6.78.